The minimum atomic E-state index is 0.757. The Morgan fingerprint density at radius 1 is 1.50 bits per heavy atom. The molecular weight excluding hydrogens is 128 g/mol. The van der Waals surface area contributed by atoms with Gasteiger partial charge in [-0.15, -0.1) is 0 Å². The molecule has 0 spiro atoms. The smallest absolute Gasteiger partial charge is 0.153 e. The summed E-state index contributed by atoms with van der Waals surface area (Å²) in [6, 6.07) is 0. The van der Waals surface area contributed by atoms with Crippen molar-refractivity contribution in [3.05, 3.63) is 17.0 Å². The summed E-state index contributed by atoms with van der Waals surface area (Å²) in [4.78, 5) is 0. The van der Waals surface area contributed by atoms with E-state index in [1.54, 1.807) is 0 Å². The lowest BCUT2D eigenvalue weighted by atomic mass is 10.2. The fourth-order valence-corrected chi connectivity index (χ4v) is 0.788. The Kier molecular flexibility index (Phi) is 2.06. The van der Waals surface area contributed by atoms with E-state index in [9.17, 15) is 0 Å². The summed E-state index contributed by atoms with van der Waals surface area (Å²) in [7, 11) is 1.89. The standard InChI is InChI=1S/C7H12N2O/c1-5-6(2)9-10-7(5)4-8-3/h8H,4H2,1-3H3. The molecule has 0 aromatic carbocycles. The molecule has 0 aliphatic heterocycles. The lowest BCUT2D eigenvalue weighted by Crippen LogP contribution is -2.04. The van der Waals surface area contributed by atoms with Gasteiger partial charge in [0.2, 0.25) is 0 Å². The minimum Gasteiger partial charge on any atom is -0.359 e. The van der Waals surface area contributed by atoms with E-state index in [4.69, 9.17) is 4.52 Å². The molecule has 10 heavy (non-hydrogen) atoms. The van der Waals surface area contributed by atoms with Crippen LogP contribution in [0.5, 0.6) is 0 Å². The second-order valence-electron chi connectivity index (χ2n) is 2.35. The number of nitrogens with one attached hydrogen (secondary N) is 1. The largest absolute Gasteiger partial charge is 0.359 e. The van der Waals surface area contributed by atoms with Crippen molar-refractivity contribution in [2.75, 3.05) is 7.05 Å². The van der Waals surface area contributed by atoms with Gasteiger partial charge in [0.25, 0.3) is 0 Å². The molecule has 1 rings (SSSR count). The van der Waals surface area contributed by atoms with Crippen LogP contribution in [0.3, 0.4) is 0 Å². The van der Waals surface area contributed by atoms with Gasteiger partial charge < -0.3 is 9.84 Å². The van der Waals surface area contributed by atoms with E-state index in [1.807, 2.05) is 20.9 Å². The molecule has 1 aromatic rings. The van der Waals surface area contributed by atoms with E-state index in [0.717, 1.165) is 23.6 Å². The zero-order valence-corrected chi connectivity index (χ0v) is 6.56. The fraction of sp³-hybridized carbons (Fsp3) is 0.571. The third-order valence-electron chi connectivity index (χ3n) is 1.59. The van der Waals surface area contributed by atoms with Crippen molar-refractivity contribution in [1.29, 1.82) is 0 Å². The number of nitrogens with zero attached hydrogens (tertiary/aromatic N) is 1. The van der Waals surface area contributed by atoms with Gasteiger partial charge in [-0.2, -0.15) is 0 Å². The van der Waals surface area contributed by atoms with Gasteiger partial charge in [0.1, 0.15) is 0 Å². The van der Waals surface area contributed by atoms with E-state index in [2.05, 4.69) is 10.5 Å². The van der Waals surface area contributed by atoms with Crippen LogP contribution in [0.25, 0.3) is 0 Å². The first-order valence-electron chi connectivity index (χ1n) is 3.32. The van der Waals surface area contributed by atoms with Gasteiger partial charge in [0.05, 0.1) is 12.2 Å². The van der Waals surface area contributed by atoms with Crippen LogP contribution in [0.1, 0.15) is 17.0 Å². The summed E-state index contributed by atoms with van der Waals surface area (Å²) in [6.45, 7) is 4.71. The molecule has 0 unspecified atom stereocenters. The first kappa shape index (κ1) is 7.28. The highest BCUT2D eigenvalue weighted by molar-refractivity contribution is 5.19. The van der Waals surface area contributed by atoms with Crippen molar-refractivity contribution in [2.45, 2.75) is 20.4 Å². The molecule has 3 heteroatoms. The van der Waals surface area contributed by atoms with Gasteiger partial charge in [-0.05, 0) is 20.9 Å². The van der Waals surface area contributed by atoms with Crippen LogP contribution in [0.2, 0.25) is 0 Å². The third kappa shape index (κ3) is 1.19. The van der Waals surface area contributed by atoms with Gasteiger partial charge in [-0.25, -0.2) is 0 Å². The first-order valence-corrected chi connectivity index (χ1v) is 3.32. The molecule has 0 saturated carbocycles. The predicted octanol–water partition coefficient (Wildman–Crippen LogP) is 1.01. The number of aryl methyl sites for hydroxylation is 1. The van der Waals surface area contributed by atoms with Crippen LogP contribution in [0, 0.1) is 13.8 Å². The number of aromatic nitrogens is 1. The van der Waals surface area contributed by atoms with E-state index in [0.29, 0.717) is 0 Å². The van der Waals surface area contributed by atoms with Crippen LogP contribution in [0.15, 0.2) is 4.52 Å². The van der Waals surface area contributed by atoms with Gasteiger partial charge in [-0.1, -0.05) is 5.16 Å². The molecule has 0 bridgehead atoms. The SMILES string of the molecule is CNCc1onc(C)c1C. The van der Waals surface area contributed by atoms with Gasteiger partial charge in [0.15, 0.2) is 5.76 Å². The first-order chi connectivity index (χ1) is 4.75. The molecule has 1 aromatic heterocycles. The lowest BCUT2D eigenvalue weighted by Gasteiger charge is -1.92. The molecule has 1 N–H and O–H groups in total. The summed E-state index contributed by atoms with van der Waals surface area (Å²) in [5, 5.41) is 6.82. The maximum atomic E-state index is 5.02. The molecule has 0 amide bonds. The topological polar surface area (TPSA) is 38.1 Å². The van der Waals surface area contributed by atoms with Crippen LogP contribution >= 0.6 is 0 Å². The molecule has 0 radical (unpaired) electrons. The Hall–Kier alpha value is -0.830. The minimum absolute atomic E-state index is 0.757. The fourth-order valence-electron chi connectivity index (χ4n) is 0.788. The van der Waals surface area contributed by atoms with Crippen LogP contribution in [-0.4, -0.2) is 12.2 Å². The third-order valence-corrected chi connectivity index (χ3v) is 1.59. The van der Waals surface area contributed by atoms with Crippen molar-refractivity contribution in [3.63, 3.8) is 0 Å². The number of hydrogen-bond acceptors (Lipinski definition) is 3. The number of hydrogen-bond donors (Lipinski definition) is 1. The summed E-state index contributed by atoms with van der Waals surface area (Å²) in [6.07, 6.45) is 0. The zero-order chi connectivity index (χ0) is 7.56. The summed E-state index contributed by atoms with van der Waals surface area (Å²) in [5.74, 6) is 0.931. The summed E-state index contributed by atoms with van der Waals surface area (Å²) < 4.78 is 5.02. The Bertz CT molecular complexity index is 217. The van der Waals surface area contributed by atoms with Crippen molar-refractivity contribution in [1.82, 2.24) is 10.5 Å². The highest BCUT2D eigenvalue weighted by Gasteiger charge is 2.05. The highest BCUT2D eigenvalue weighted by Crippen LogP contribution is 2.10. The zero-order valence-electron chi connectivity index (χ0n) is 6.56. The maximum Gasteiger partial charge on any atom is 0.153 e. The van der Waals surface area contributed by atoms with Crippen molar-refractivity contribution < 1.29 is 4.52 Å². The molecule has 0 aliphatic carbocycles. The quantitative estimate of drug-likeness (QED) is 0.666. The molecule has 56 valence electrons. The van der Waals surface area contributed by atoms with E-state index < -0.39 is 0 Å². The Morgan fingerprint density at radius 2 is 2.20 bits per heavy atom. The Morgan fingerprint density at radius 3 is 2.60 bits per heavy atom. The molecule has 0 atom stereocenters. The second-order valence-corrected chi connectivity index (χ2v) is 2.35. The van der Waals surface area contributed by atoms with Gasteiger partial charge >= 0.3 is 0 Å². The number of rotatable bonds is 2. The summed E-state index contributed by atoms with van der Waals surface area (Å²) in [5.41, 5.74) is 2.12. The average Bonchev–Trinajstić information content (AvgIpc) is 2.20. The molecular formula is C7H12N2O. The maximum absolute atomic E-state index is 5.02. The van der Waals surface area contributed by atoms with Crippen molar-refractivity contribution in [2.24, 2.45) is 0 Å². The predicted molar refractivity (Wildman–Crippen MR) is 38.7 cm³/mol. The Labute approximate surface area is 60.4 Å². The average molecular weight is 140 g/mol. The van der Waals surface area contributed by atoms with E-state index in [-0.39, 0.29) is 0 Å². The van der Waals surface area contributed by atoms with Crippen LogP contribution < -0.4 is 5.32 Å². The van der Waals surface area contributed by atoms with E-state index in [1.165, 1.54) is 0 Å². The Balaban J connectivity index is 2.83. The van der Waals surface area contributed by atoms with Crippen molar-refractivity contribution >= 4 is 0 Å². The molecule has 0 saturated heterocycles. The molecule has 3 nitrogen and oxygen atoms in total. The van der Waals surface area contributed by atoms with Gasteiger partial charge in [-0.3, -0.25) is 0 Å². The highest BCUT2D eigenvalue weighted by atomic mass is 16.5. The van der Waals surface area contributed by atoms with Crippen molar-refractivity contribution in [3.8, 4) is 0 Å². The van der Waals surface area contributed by atoms with Crippen LogP contribution in [-0.2, 0) is 6.54 Å². The second kappa shape index (κ2) is 2.84. The monoisotopic (exact) mass is 140 g/mol. The van der Waals surface area contributed by atoms with E-state index >= 15 is 0 Å². The van der Waals surface area contributed by atoms with Gasteiger partial charge in [0, 0.05) is 5.56 Å². The molecule has 0 aliphatic rings. The molecule has 1 heterocycles. The lowest BCUT2D eigenvalue weighted by molar-refractivity contribution is 0.373. The summed E-state index contributed by atoms with van der Waals surface area (Å²) >= 11 is 0. The normalized spacial score (nSPS) is 10.3. The molecule has 0 fully saturated rings. The van der Waals surface area contributed by atoms with Crippen LogP contribution in [0.4, 0.5) is 0 Å².